The van der Waals surface area contributed by atoms with E-state index in [4.69, 9.17) is 27.1 Å². The number of halogens is 1. The van der Waals surface area contributed by atoms with Crippen LogP contribution in [0.1, 0.15) is 58.2 Å². The smallest absolute Gasteiger partial charge is 0.161 e. The summed E-state index contributed by atoms with van der Waals surface area (Å²) in [5, 5.41) is 1.68. The summed E-state index contributed by atoms with van der Waals surface area (Å²) in [4.78, 5) is 25.5. The number of ketones is 1. The number of fused-ring (bicyclic) bond motifs is 2. The van der Waals surface area contributed by atoms with Crippen LogP contribution in [0.2, 0.25) is 5.02 Å². The van der Waals surface area contributed by atoms with Crippen molar-refractivity contribution in [3.63, 3.8) is 0 Å². The van der Waals surface area contributed by atoms with E-state index in [1.54, 1.807) is 6.20 Å². The Morgan fingerprint density at radius 1 is 1.26 bits per heavy atom. The molecule has 5 rings (SSSR count). The Morgan fingerprint density at radius 2 is 2.03 bits per heavy atom. The summed E-state index contributed by atoms with van der Waals surface area (Å²) in [6.07, 6.45) is 7.09. The molecule has 1 aliphatic carbocycles. The van der Waals surface area contributed by atoms with Crippen LogP contribution in [0.25, 0.3) is 27.8 Å². The lowest BCUT2D eigenvalue weighted by Gasteiger charge is -2.28. The van der Waals surface area contributed by atoms with Crippen LogP contribution in [0.4, 0.5) is 5.82 Å². The van der Waals surface area contributed by atoms with Crippen LogP contribution >= 0.6 is 11.6 Å². The van der Waals surface area contributed by atoms with Gasteiger partial charge in [0.15, 0.2) is 5.78 Å². The van der Waals surface area contributed by atoms with Gasteiger partial charge in [-0.3, -0.25) is 9.20 Å². The van der Waals surface area contributed by atoms with Gasteiger partial charge < -0.3 is 15.5 Å². The zero-order chi connectivity index (χ0) is 24.0. The number of ether oxygens (including phenoxy) is 1. The van der Waals surface area contributed by atoms with Crippen molar-refractivity contribution < 1.29 is 9.53 Å². The molecule has 1 aliphatic rings. The summed E-state index contributed by atoms with van der Waals surface area (Å²) >= 11 is 6.39. The Kier molecular flexibility index (Phi) is 5.86. The molecule has 3 heterocycles. The molecule has 1 saturated carbocycles. The number of aromatic amines is 1. The van der Waals surface area contributed by atoms with Gasteiger partial charge in [0, 0.05) is 29.6 Å². The van der Waals surface area contributed by atoms with Crippen LogP contribution in [0.3, 0.4) is 0 Å². The van der Waals surface area contributed by atoms with Crippen molar-refractivity contribution in [1.82, 2.24) is 19.4 Å². The Morgan fingerprint density at radius 3 is 2.74 bits per heavy atom. The quantitative estimate of drug-likeness (QED) is 0.378. The first-order valence-corrected chi connectivity index (χ1v) is 12.2. The number of nitrogen functional groups attached to an aromatic ring is 1. The largest absolute Gasteiger partial charge is 0.382 e. The number of rotatable bonds is 5. The van der Waals surface area contributed by atoms with E-state index in [0.29, 0.717) is 10.8 Å². The molecule has 1 aromatic carbocycles. The highest BCUT2D eigenvalue weighted by Crippen LogP contribution is 2.39. The third kappa shape index (κ3) is 4.30. The second kappa shape index (κ2) is 8.71. The van der Waals surface area contributed by atoms with Crippen LogP contribution in [0, 0.1) is 5.92 Å². The van der Waals surface area contributed by atoms with Crippen molar-refractivity contribution in [2.24, 2.45) is 5.92 Å². The van der Waals surface area contributed by atoms with E-state index < -0.39 is 0 Å². The monoisotopic (exact) mass is 479 g/mol. The number of anilines is 1. The lowest BCUT2D eigenvalue weighted by atomic mass is 9.79. The van der Waals surface area contributed by atoms with Gasteiger partial charge in [-0.05, 0) is 58.6 Å². The molecular formula is C26H30ClN5O2. The summed E-state index contributed by atoms with van der Waals surface area (Å²) in [6, 6.07) is 7.86. The van der Waals surface area contributed by atoms with Crippen molar-refractivity contribution in [2.75, 3.05) is 12.3 Å². The molecule has 0 saturated heterocycles. The number of nitrogens with two attached hydrogens (primary N) is 1. The van der Waals surface area contributed by atoms with E-state index in [9.17, 15) is 4.79 Å². The molecule has 3 aromatic heterocycles. The fraction of sp³-hybridized carbons (Fsp3) is 0.423. The number of Topliss-reactive ketones (excluding diaryl/α,β-unsaturated/α-hetero) is 1. The van der Waals surface area contributed by atoms with Crippen molar-refractivity contribution >= 4 is 39.6 Å². The number of carbonyl (C=O) groups is 1. The van der Waals surface area contributed by atoms with Gasteiger partial charge in [-0.1, -0.05) is 23.7 Å². The molecule has 0 bridgehead atoms. The van der Waals surface area contributed by atoms with Gasteiger partial charge in [-0.25, -0.2) is 9.97 Å². The normalized spacial score (nSPS) is 19.2. The number of imidazole rings is 1. The van der Waals surface area contributed by atoms with Crippen molar-refractivity contribution in [2.45, 2.75) is 58.0 Å². The van der Waals surface area contributed by atoms with Crippen molar-refractivity contribution in [3.8, 4) is 11.4 Å². The molecule has 0 unspecified atom stereocenters. The highest BCUT2D eigenvalue weighted by molar-refractivity contribution is 6.35. The summed E-state index contributed by atoms with van der Waals surface area (Å²) in [6.45, 7) is 6.10. The molecule has 7 nitrogen and oxygen atoms in total. The van der Waals surface area contributed by atoms with Crippen LogP contribution in [-0.2, 0) is 9.53 Å². The first-order chi connectivity index (χ1) is 16.2. The summed E-state index contributed by atoms with van der Waals surface area (Å²) < 4.78 is 7.77. The van der Waals surface area contributed by atoms with E-state index in [0.717, 1.165) is 59.3 Å². The first kappa shape index (κ1) is 22.9. The lowest BCUT2D eigenvalue weighted by molar-refractivity contribution is -0.133. The highest BCUT2D eigenvalue weighted by atomic mass is 35.5. The third-order valence-electron chi connectivity index (χ3n) is 6.67. The molecule has 0 aliphatic heterocycles. The molecule has 3 N–H and O–H groups in total. The molecule has 0 radical (unpaired) electrons. The van der Waals surface area contributed by atoms with Crippen LogP contribution in [0.5, 0.6) is 0 Å². The average molecular weight is 480 g/mol. The van der Waals surface area contributed by atoms with E-state index in [1.165, 1.54) is 0 Å². The molecule has 1 fully saturated rings. The molecule has 34 heavy (non-hydrogen) atoms. The van der Waals surface area contributed by atoms with Crippen molar-refractivity contribution in [3.05, 3.63) is 47.5 Å². The number of aromatic nitrogens is 4. The fourth-order valence-electron chi connectivity index (χ4n) is 4.89. The predicted octanol–water partition coefficient (Wildman–Crippen LogP) is 5.77. The minimum atomic E-state index is -0.307. The second-order valence-corrected chi connectivity index (χ2v) is 10.6. The van der Waals surface area contributed by atoms with Gasteiger partial charge in [-0.2, -0.15) is 0 Å². The van der Waals surface area contributed by atoms with Gasteiger partial charge in [0.25, 0.3) is 0 Å². The van der Waals surface area contributed by atoms with E-state index in [2.05, 4.69) is 14.4 Å². The maximum absolute atomic E-state index is 12.7. The third-order valence-corrected chi connectivity index (χ3v) is 6.98. The molecule has 178 valence electrons. The number of carbonyl (C=O) groups excluding carboxylic acids is 1. The molecule has 8 heteroatoms. The Hall–Kier alpha value is -2.90. The van der Waals surface area contributed by atoms with Gasteiger partial charge in [0.2, 0.25) is 0 Å². The number of hydrogen-bond donors (Lipinski definition) is 2. The van der Waals surface area contributed by atoms with Gasteiger partial charge in [-0.15, -0.1) is 0 Å². The Balaban J connectivity index is 1.43. The molecular weight excluding hydrogens is 450 g/mol. The van der Waals surface area contributed by atoms with E-state index in [-0.39, 0.29) is 29.8 Å². The van der Waals surface area contributed by atoms with Crippen LogP contribution < -0.4 is 5.73 Å². The van der Waals surface area contributed by atoms with E-state index in [1.807, 2.05) is 51.2 Å². The second-order valence-electron chi connectivity index (χ2n) is 10.2. The van der Waals surface area contributed by atoms with Crippen LogP contribution in [0.15, 0.2) is 36.7 Å². The number of nitrogens with zero attached hydrogens (tertiary/aromatic N) is 3. The summed E-state index contributed by atoms with van der Waals surface area (Å²) in [7, 11) is 0. The van der Waals surface area contributed by atoms with E-state index >= 15 is 0 Å². The predicted molar refractivity (Wildman–Crippen MR) is 135 cm³/mol. The summed E-state index contributed by atoms with van der Waals surface area (Å²) in [5.41, 5.74) is 9.30. The molecule has 0 amide bonds. The average Bonchev–Trinajstić information content (AvgIpc) is 3.40. The minimum Gasteiger partial charge on any atom is -0.382 e. The zero-order valence-electron chi connectivity index (χ0n) is 19.8. The molecule has 0 spiro atoms. The number of H-pyrrole nitrogens is 1. The van der Waals surface area contributed by atoms with Gasteiger partial charge in [0.05, 0.1) is 21.8 Å². The zero-order valence-corrected chi connectivity index (χ0v) is 20.5. The van der Waals surface area contributed by atoms with Crippen LogP contribution in [-0.4, -0.2) is 37.3 Å². The lowest BCUT2D eigenvalue weighted by Crippen LogP contribution is -2.29. The SMILES string of the molecule is CC(C)(C)OCC(=O)C1CCC(c2nc(-c3cc4cccc(Cl)c4[nH]3)c3c(N)nccn23)CC1. The molecule has 4 aromatic rings. The standard InChI is InChI=1S/C26H30ClN5O2/c1-26(2,3)34-14-20(33)15-7-9-16(10-8-15)25-31-22(23-24(28)29-11-12-32(23)25)19-13-17-5-4-6-18(27)21(17)30-19/h4-6,11-13,15-16,30H,7-10,14H2,1-3H3,(H2,28,29). The maximum atomic E-state index is 12.7. The number of benzene rings is 1. The minimum absolute atomic E-state index is 0.0480. The van der Waals surface area contributed by atoms with Gasteiger partial charge >= 0.3 is 0 Å². The Bertz CT molecular complexity index is 1360. The number of nitrogens with one attached hydrogen (secondary N) is 1. The Labute approximate surface area is 203 Å². The first-order valence-electron chi connectivity index (χ1n) is 11.8. The fourth-order valence-corrected chi connectivity index (χ4v) is 5.12. The number of hydrogen-bond acceptors (Lipinski definition) is 5. The topological polar surface area (TPSA) is 98.3 Å². The summed E-state index contributed by atoms with van der Waals surface area (Å²) in [5.74, 6) is 1.88. The van der Waals surface area contributed by atoms with Gasteiger partial charge in [0.1, 0.15) is 29.5 Å². The number of para-hydroxylation sites is 1. The maximum Gasteiger partial charge on any atom is 0.161 e. The van der Waals surface area contributed by atoms with Crippen molar-refractivity contribution in [1.29, 1.82) is 0 Å². The highest BCUT2D eigenvalue weighted by Gasteiger charge is 2.31. The molecule has 0 atom stereocenters.